The maximum absolute atomic E-state index is 12.8. The maximum atomic E-state index is 12.8. The Hall–Kier alpha value is -2.56. The predicted molar refractivity (Wildman–Crippen MR) is 105 cm³/mol. The summed E-state index contributed by atoms with van der Waals surface area (Å²) in [6, 6.07) is 3.96. The average Bonchev–Trinajstić information content (AvgIpc) is 2.68. The lowest BCUT2D eigenvalue weighted by Gasteiger charge is -2.36. The molecule has 2 aromatic rings. The van der Waals surface area contributed by atoms with Gasteiger partial charge >= 0.3 is 0 Å². The molecule has 0 radical (unpaired) electrons. The molecule has 0 saturated carbocycles. The number of nitrogens with one attached hydrogen (secondary N) is 1. The van der Waals surface area contributed by atoms with Crippen LogP contribution in [0.3, 0.4) is 0 Å². The van der Waals surface area contributed by atoms with Crippen LogP contribution in [0.25, 0.3) is 0 Å². The van der Waals surface area contributed by atoms with Crippen LogP contribution in [0.15, 0.2) is 24.5 Å². The quantitative estimate of drug-likeness (QED) is 0.792. The number of amides is 1. The zero-order valence-corrected chi connectivity index (χ0v) is 16.6. The molecule has 5 heteroatoms. The van der Waals surface area contributed by atoms with Crippen LogP contribution in [0, 0.1) is 20.8 Å². The van der Waals surface area contributed by atoms with Crippen molar-refractivity contribution in [2.75, 3.05) is 6.54 Å². The molecule has 2 heterocycles. The first-order chi connectivity index (χ1) is 12.8. The van der Waals surface area contributed by atoms with Gasteiger partial charge in [0.1, 0.15) is 11.5 Å². The number of phenolic OH excluding ortho intramolecular Hbond substituents is 1. The molecule has 0 aliphatic carbocycles. The molecule has 0 fully saturated rings. The number of nitrogens with zero attached hydrogens (tertiary/aromatic N) is 1. The summed E-state index contributed by atoms with van der Waals surface area (Å²) in [6.45, 7) is 8.18. The van der Waals surface area contributed by atoms with Gasteiger partial charge in [0.2, 0.25) is 0 Å². The van der Waals surface area contributed by atoms with E-state index in [9.17, 15) is 9.90 Å². The van der Waals surface area contributed by atoms with Crippen molar-refractivity contribution in [3.05, 3.63) is 52.3 Å². The molecule has 2 N–H and O–H groups in total. The summed E-state index contributed by atoms with van der Waals surface area (Å²) in [4.78, 5) is 16.9. The Balaban J connectivity index is 1.64. The van der Waals surface area contributed by atoms with Gasteiger partial charge in [-0.25, -0.2) is 0 Å². The van der Waals surface area contributed by atoms with Gasteiger partial charge in [0.15, 0.2) is 5.60 Å². The fourth-order valence-corrected chi connectivity index (χ4v) is 3.63. The number of carbonyl (C=O) groups excluding carboxylic acids is 1. The molecule has 0 saturated heterocycles. The minimum atomic E-state index is -0.887. The lowest BCUT2D eigenvalue weighted by atomic mass is 9.86. The largest absolute Gasteiger partial charge is 0.507 e. The highest BCUT2D eigenvalue weighted by Crippen LogP contribution is 2.43. The number of phenols is 1. The van der Waals surface area contributed by atoms with Crippen molar-refractivity contribution in [3.63, 3.8) is 0 Å². The minimum absolute atomic E-state index is 0.0814. The number of benzene rings is 1. The van der Waals surface area contributed by atoms with E-state index in [1.54, 1.807) is 6.20 Å². The predicted octanol–water partition coefficient (Wildman–Crippen LogP) is 3.55. The lowest BCUT2D eigenvalue weighted by molar-refractivity contribution is -0.136. The van der Waals surface area contributed by atoms with Crippen molar-refractivity contribution >= 4 is 5.91 Å². The Morgan fingerprint density at radius 1 is 1.30 bits per heavy atom. The van der Waals surface area contributed by atoms with Gasteiger partial charge in [0, 0.05) is 30.9 Å². The summed E-state index contributed by atoms with van der Waals surface area (Å²) in [5.41, 5.74) is 3.87. The van der Waals surface area contributed by atoms with Crippen molar-refractivity contribution < 1.29 is 14.6 Å². The number of rotatable bonds is 5. The molecule has 0 bridgehead atoms. The van der Waals surface area contributed by atoms with E-state index in [1.807, 2.05) is 46.0 Å². The number of aromatic nitrogens is 1. The Morgan fingerprint density at radius 3 is 2.78 bits per heavy atom. The number of hydrogen-bond donors (Lipinski definition) is 2. The Labute approximate surface area is 160 Å². The molecule has 1 atom stereocenters. The second-order valence-corrected chi connectivity index (χ2v) is 7.58. The van der Waals surface area contributed by atoms with Crippen LogP contribution in [0.2, 0.25) is 0 Å². The van der Waals surface area contributed by atoms with Crippen molar-refractivity contribution in [3.8, 4) is 11.5 Å². The SMILES string of the molecule is Cc1c(C)c2c(c(C)c1O)CC[C@](C)(C(=O)NCCCc1cccnc1)O2. The summed E-state index contributed by atoms with van der Waals surface area (Å²) in [5.74, 6) is 1.00. The molecule has 1 aromatic carbocycles. The fourth-order valence-electron chi connectivity index (χ4n) is 3.63. The van der Waals surface area contributed by atoms with Crippen LogP contribution in [0.4, 0.5) is 0 Å². The van der Waals surface area contributed by atoms with Gasteiger partial charge < -0.3 is 15.2 Å². The van der Waals surface area contributed by atoms with Crippen molar-refractivity contribution in [2.24, 2.45) is 0 Å². The highest BCUT2D eigenvalue weighted by molar-refractivity contribution is 5.85. The standard InChI is InChI=1S/C22H28N2O3/c1-14-15(2)20-18(16(3)19(14)25)9-10-22(4,27-20)21(26)24-12-6-8-17-7-5-11-23-13-17/h5,7,11,13,25H,6,8-10,12H2,1-4H3,(H,24,26)/t22-/m1/s1. The number of fused-ring (bicyclic) bond motifs is 1. The Bertz CT molecular complexity index is 849. The van der Waals surface area contributed by atoms with Crippen LogP contribution < -0.4 is 10.1 Å². The molecule has 144 valence electrons. The molecule has 27 heavy (non-hydrogen) atoms. The molecule has 5 nitrogen and oxygen atoms in total. The van der Waals surface area contributed by atoms with Crippen molar-refractivity contribution in [1.29, 1.82) is 0 Å². The fraction of sp³-hybridized carbons (Fsp3) is 0.455. The minimum Gasteiger partial charge on any atom is -0.507 e. The van der Waals surface area contributed by atoms with E-state index in [-0.39, 0.29) is 5.91 Å². The number of carbonyl (C=O) groups is 1. The second kappa shape index (κ2) is 7.59. The first-order valence-electron chi connectivity index (χ1n) is 9.51. The number of hydrogen-bond acceptors (Lipinski definition) is 4. The zero-order valence-electron chi connectivity index (χ0n) is 16.6. The van der Waals surface area contributed by atoms with E-state index in [2.05, 4.69) is 10.3 Å². The van der Waals surface area contributed by atoms with Gasteiger partial charge in [0.25, 0.3) is 5.91 Å². The third-order valence-electron chi connectivity index (χ3n) is 5.65. The van der Waals surface area contributed by atoms with Crippen LogP contribution in [0.5, 0.6) is 11.5 Å². The number of aryl methyl sites for hydroxylation is 1. The molecular formula is C22H28N2O3. The summed E-state index contributed by atoms with van der Waals surface area (Å²) < 4.78 is 6.21. The van der Waals surface area contributed by atoms with E-state index >= 15 is 0 Å². The highest BCUT2D eigenvalue weighted by atomic mass is 16.5. The molecule has 0 spiro atoms. The summed E-state index contributed by atoms with van der Waals surface area (Å²) >= 11 is 0. The van der Waals surface area contributed by atoms with E-state index < -0.39 is 5.60 Å². The monoisotopic (exact) mass is 368 g/mol. The molecule has 1 amide bonds. The molecule has 1 aliphatic heterocycles. The van der Waals surface area contributed by atoms with Gasteiger partial charge in [-0.15, -0.1) is 0 Å². The molecule has 1 aromatic heterocycles. The first-order valence-corrected chi connectivity index (χ1v) is 9.51. The van der Waals surface area contributed by atoms with Crippen LogP contribution in [0.1, 0.15) is 47.6 Å². The maximum Gasteiger partial charge on any atom is 0.263 e. The Kier molecular flexibility index (Phi) is 5.40. The highest BCUT2D eigenvalue weighted by Gasteiger charge is 2.40. The summed E-state index contributed by atoms with van der Waals surface area (Å²) in [7, 11) is 0. The van der Waals surface area contributed by atoms with Gasteiger partial charge in [-0.1, -0.05) is 6.07 Å². The van der Waals surface area contributed by atoms with Crippen LogP contribution >= 0.6 is 0 Å². The number of pyridine rings is 1. The molecule has 0 unspecified atom stereocenters. The zero-order chi connectivity index (χ0) is 19.6. The van der Waals surface area contributed by atoms with E-state index in [0.717, 1.165) is 47.3 Å². The smallest absolute Gasteiger partial charge is 0.263 e. The molecule has 3 rings (SSSR count). The van der Waals surface area contributed by atoms with Crippen LogP contribution in [-0.4, -0.2) is 28.1 Å². The summed E-state index contributed by atoms with van der Waals surface area (Å²) in [6.07, 6.45) is 6.66. The number of ether oxygens (including phenoxy) is 1. The van der Waals surface area contributed by atoms with E-state index in [4.69, 9.17) is 4.74 Å². The van der Waals surface area contributed by atoms with E-state index in [1.165, 1.54) is 5.56 Å². The van der Waals surface area contributed by atoms with Gasteiger partial charge in [0.05, 0.1) is 0 Å². The van der Waals surface area contributed by atoms with Gasteiger partial charge in [-0.2, -0.15) is 0 Å². The Morgan fingerprint density at radius 2 is 2.07 bits per heavy atom. The van der Waals surface area contributed by atoms with E-state index in [0.29, 0.717) is 18.7 Å². The lowest BCUT2D eigenvalue weighted by Crippen LogP contribution is -2.51. The summed E-state index contributed by atoms with van der Waals surface area (Å²) in [5, 5.41) is 13.3. The topological polar surface area (TPSA) is 71.5 Å². The van der Waals surface area contributed by atoms with Crippen molar-refractivity contribution in [2.45, 2.75) is 59.0 Å². The van der Waals surface area contributed by atoms with Crippen LogP contribution in [-0.2, 0) is 17.6 Å². The average molecular weight is 368 g/mol. The first kappa shape index (κ1) is 19.2. The number of aromatic hydroxyl groups is 1. The molecular weight excluding hydrogens is 340 g/mol. The third kappa shape index (κ3) is 3.77. The van der Waals surface area contributed by atoms with Crippen molar-refractivity contribution in [1.82, 2.24) is 10.3 Å². The third-order valence-corrected chi connectivity index (χ3v) is 5.65. The van der Waals surface area contributed by atoms with Gasteiger partial charge in [-0.3, -0.25) is 9.78 Å². The van der Waals surface area contributed by atoms with Gasteiger partial charge in [-0.05, 0) is 75.3 Å². The second-order valence-electron chi connectivity index (χ2n) is 7.58. The molecule has 1 aliphatic rings. The normalized spacial score (nSPS) is 18.5.